The predicted molar refractivity (Wildman–Crippen MR) is 63.1 cm³/mol. The quantitative estimate of drug-likeness (QED) is 0.630. The molecular formula is C9H16BO4S. The fraction of sp³-hybridized carbons (Fsp3) is 0.333. The smallest absolute Gasteiger partial charge is 0.317 e. The van der Waals surface area contributed by atoms with E-state index in [0.29, 0.717) is 0 Å². The van der Waals surface area contributed by atoms with Gasteiger partial charge in [0.15, 0.2) is 0 Å². The molecule has 4 nitrogen and oxygen atoms in total. The van der Waals surface area contributed by atoms with Gasteiger partial charge in [-0.15, -0.1) is 0 Å². The maximum atomic E-state index is 11.4. The van der Waals surface area contributed by atoms with Crippen LogP contribution in [0.25, 0.3) is 0 Å². The van der Waals surface area contributed by atoms with Crippen molar-refractivity contribution in [3.05, 3.63) is 30.3 Å². The van der Waals surface area contributed by atoms with Gasteiger partial charge in [-0.1, -0.05) is 35.8 Å². The maximum Gasteiger partial charge on any atom is 0.317 e. The van der Waals surface area contributed by atoms with Gasteiger partial charge in [0.25, 0.3) is 0 Å². The van der Waals surface area contributed by atoms with Crippen LogP contribution in [0, 0.1) is 0 Å². The first-order valence-electron chi connectivity index (χ1n) is 4.16. The van der Waals surface area contributed by atoms with Crippen molar-refractivity contribution in [3.8, 4) is 0 Å². The number of benzene rings is 1. The third-order valence-corrected chi connectivity index (χ3v) is 3.67. The van der Waals surface area contributed by atoms with Crippen LogP contribution < -0.4 is 5.46 Å². The second-order valence-electron chi connectivity index (χ2n) is 3.17. The van der Waals surface area contributed by atoms with E-state index in [2.05, 4.69) is 0 Å². The largest absolute Gasteiger partial charge is 0.412 e. The normalized spacial score (nSPS) is 10.1. The molecule has 0 saturated carbocycles. The molecule has 0 heterocycles. The molecule has 0 fully saturated rings. The Kier molecular flexibility index (Phi) is 7.30. The van der Waals surface area contributed by atoms with E-state index in [1.54, 1.807) is 26.0 Å². The minimum Gasteiger partial charge on any atom is -0.412 e. The first-order valence-corrected chi connectivity index (χ1v) is 5.77. The van der Waals surface area contributed by atoms with E-state index < -0.39 is 9.69 Å². The molecule has 0 unspecified atom stereocenters. The summed E-state index contributed by atoms with van der Waals surface area (Å²) in [6.07, 6.45) is 0. The molecule has 1 aromatic carbocycles. The SMILES string of the molecule is CC(C)S(=O)(=O)[B]c1ccccc1.O.O. The van der Waals surface area contributed by atoms with Crippen LogP contribution in [0.1, 0.15) is 13.8 Å². The molecule has 0 aromatic heterocycles. The van der Waals surface area contributed by atoms with Gasteiger partial charge in [0.2, 0.25) is 0 Å². The van der Waals surface area contributed by atoms with Crippen LogP contribution in [0.3, 0.4) is 0 Å². The van der Waals surface area contributed by atoms with Crippen LogP contribution in [0.15, 0.2) is 30.3 Å². The van der Waals surface area contributed by atoms with Crippen molar-refractivity contribution in [2.75, 3.05) is 0 Å². The Hall–Kier alpha value is -0.845. The topological polar surface area (TPSA) is 97.1 Å². The first kappa shape index (κ1) is 16.6. The average molecular weight is 231 g/mol. The molecule has 0 aliphatic rings. The van der Waals surface area contributed by atoms with Gasteiger partial charge in [0.05, 0.1) is 0 Å². The lowest BCUT2D eigenvalue weighted by Gasteiger charge is -2.05. The second kappa shape index (κ2) is 6.60. The Labute approximate surface area is 91.0 Å². The van der Waals surface area contributed by atoms with Gasteiger partial charge < -0.3 is 11.0 Å². The molecule has 1 aromatic rings. The Bertz CT molecular complexity index is 361. The van der Waals surface area contributed by atoms with Crippen LogP contribution in [0.4, 0.5) is 0 Å². The number of hydrogen-bond acceptors (Lipinski definition) is 2. The zero-order chi connectivity index (χ0) is 9.90. The van der Waals surface area contributed by atoms with Gasteiger partial charge in [-0.05, 0) is 13.8 Å². The molecule has 0 saturated heterocycles. The van der Waals surface area contributed by atoms with Crippen molar-refractivity contribution in [3.63, 3.8) is 0 Å². The third-order valence-electron chi connectivity index (χ3n) is 1.76. The zero-order valence-electron chi connectivity index (χ0n) is 8.77. The van der Waals surface area contributed by atoms with Crippen molar-refractivity contribution in [2.45, 2.75) is 19.1 Å². The minimum absolute atomic E-state index is 0. The highest BCUT2D eigenvalue weighted by Gasteiger charge is 2.18. The molecule has 4 N–H and O–H groups in total. The summed E-state index contributed by atoms with van der Waals surface area (Å²) in [5, 5.41) is -0.354. The molecule has 6 heteroatoms. The fourth-order valence-corrected chi connectivity index (χ4v) is 1.67. The average Bonchev–Trinajstić information content (AvgIpc) is 2.05. The van der Waals surface area contributed by atoms with E-state index in [9.17, 15) is 8.42 Å². The Morgan fingerprint density at radius 2 is 1.53 bits per heavy atom. The van der Waals surface area contributed by atoms with Gasteiger partial charge in [-0.2, -0.15) is 0 Å². The minimum atomic E-state index is -3.08. The maximum absolute atomic E-state index is 11.4. The Morgan fingerprint density at radius 1 is 1.07 bits per heavy atom. The molecule has 0 atom stereocenters. The van der Waals surface area contributed by atoms with Gasteiger partial charge in [0.1, 0.15) is 9.69 Å². The van der Waals surface area contributed by atoms with Gasteiger partial charge in [0, 0.05) is 5.25 Å². The molecule has 15 heavy (non-hydrogen) atoms. The lowest BCUT2D eigenvalue weighted by Crippen LogP contribution is -2.29. The van der Waals surface area contributed by atoms with Crippen molar-refractivity contribution in [1.82, 2.24) is 0 Å². The van der Waals surface area contributed by atoms with E-state index in [-0.39, 0.29) is 16.2 Å². The third kappa shape index (κ3) is 4.97. The van der Waals surface area contributed by atoms with Gasteiger partial charge in [-0.25, -0.2) is 8.42 Å². The second-order valence-corrected chi connectivity index (χ2v) is 5.52. The summed E-state index contributed by atoms with van der Waals surface area (Å²) in [5.41, 5.74) is 0.733. The fourth-order valence-electron chi connectivity index (χ4n) is 0.857. The van der Waals surface area contributed by atoms with Gasteiger partial charge >= 0.3 is 6.56 Å². The monoisotopic (exact) mass is 231 g/mol. The number of hydrogen-bond donors (Lipinski definition) is 0. The summed E-state index contributed by atoms with van der Waals surface area (Å²) < 4.78 is 22.9. The van der Waals surface area contributed by atoms with Crippen molar-refractivity contribution in [1.29, 1.82) is 0 Å². The number of rotatable bonds is 3. The summed E-state index contributed by atoms with van der Waals surface area (Å²) in [6, 6.07) is 9.06. The molecule has 0 aliphatic heterocycles. The Morgan fingerprint density at radius 3 is 1.93 bits per heavy atom. The van der Waals surface area contributed by atoms with Crippen molar-refractivity contribution in [2.24, 2.45) is 0 Å². The van der Waals surface area contributed by atoms with Crippen molar-refractivity contribution < 1.29 is 19.4 Å². The summed E-state index contributed by atoms with van der Waals surface area (Å²) in [4.78, 5) is 0. The summed E-state index contributed by atoms with van der Waals surface area (Å²) in [7, 11) is -3.08. The highest BCUT2D eigenvalue weighted by molar-refractivity contribution is 8.16. The van der Waals surface area contributed by atoms with E-state index >= 15 is 0 Å². The lowest BCUT2D eigenvalue weighted by atomic mass is 9.95. The zero-order valence-corrected chi connectivity index (χ0v) is 9.58. The highest BCUT2D eigenvalue weighted by atomic mass is 32.2. The highest BCUT2D eigenvalue weighted by Crippen LogP contribution is 1.98. The molecular weight excluding hydrogens is 215 g/mol. The van der Waals surface area contributed by atoms with E-state index in [1.807, 2.05) is 18.2 Å². The molecule has 0 bridgehead atoms. The summed E-state index contributed by atoms with van der Waals surface area (Å²) in [5.74, 6) is 0. The van der Waals surface area contributed by atoms with Crippen molar-refractivity contribution >= 4 is 21.7 Å². The summed E-state index contributed by atoms with van der Waals surface area (Å²) >= 11 is 0. The molecule has 0 spiro atoms. The Balaban J connectivity index is 0. The lowest BCUT2D eigenvalue weighted by molar-refractivity contribution is 0.601. The molecule has 0 aliphatic carbocycles. The van der Waals surface area contributed by atoms with Gasteiger partial charge in [-0.3, -0.25) is 0 Å². The van der Waals surface area contributed by atoms with Crippen LogP contribution >= 0.6 is 0 Å². The van der Waals surface area contributed by atoms with E-state index in [1.165, 1.54) is 6.56 Å². The standard InChI is InChI=1S/C9H12BO2S.2H2O/c1-8(2)13(11,12)10-9-6-4-3-5-7-9;;/h3-8H,1-2H3;2*1H2. The first-order chi connectivity index (χ1) is 6.02. The van der Waals surface area contributed by atoms with Crippen LogP contribution in [0.2, 0.25) is 0 Å². The molecule has 1 rings (SSSR count). The van der Waals surface area contributed by atoms with E-state index in [0.717, 1.165) is 5.46 Å². The predicted octanol–water partition coefficient (Wildman–Crippen LogP) is -0.895. The van der Waals surface area contributed by atoms with Crippen LogP contribution in [-0.2, 0) is 9.69 Å². The van der Waals surface area contributed by atoms with Crippen LogP contribution in [0.5, 0.6) is 0 Å². The molecule has 85 valence electrons. The molecule has 1 radical (unpaired) electrons. The molecule has 0 amide bonds. The van der Waals surface area contributed by atoms with E-state index in [4.69, 9.17) is 0 Å². The van der Waals surface area contributed by atoms with Crippen LogP contribution in [-0.4, -0.2) is 31.2 Å². The summed E-state index contributed by atoms with van der Waals surface area (Å²) in [6.45, 7) is 4.67.